The maximum atomic E-state index is 12.0. The number of esters is 1. The Balaban J connectivity index is 0.00000320. The van der Waals surface area contributed by atoms with Crippen molar-refractivity contribution in [1.29, 1.82) is 0 Å². The number of carbonyl (C=O) groups excluding carboxylic acids is 1. The second kappa shape index (κ2) is 11.6. The molecule has 8 heteroatoms. The summed E-state index contributed by atoms with van der Waals surface area (Å²) in [5.74, 6) is 0.813. The van der Waals surface area contributed by atoms with Gasteiger partial charge in [-0.05, 0) is 36.2 Å². The Labute approximate surface area is 194 Å². The summed E-state index contributed by atoms with van der Waals surface area (Å²) in [6.45, 7) is 2.47. The van der Waals surface area contributed by atoms with E-state index < -0.39 is 5.97 Å². The van der Waals surface area contributed by atoms with E-state index in [4.69, 9.17) is 9.47 Å². The lowest BCUT2D eigenvalue weighted by Crippen LogP contribution is -2.44. The van der Waals surface area contributed by atoms with Gasteiger partial charge in [0.15, 0.2) is 5.96 Å². The van der Waals surface area contributed by atoms with Gasteiger partial charge < -0.3 is 25.0 Å². The monoisotopic (exact) mass is 524 g/mol. The topological polar surface area (TPSA) is 75.2 Å². The van der Waals surface area contributed by atoms with Crippen molar-refractivity contribution in [3.8, 4) is 5.75 Å². The first-order chi connectivity index (χ1) is 14.1. The Bertz CT molecular complexity index is 861. The number of para-hydroxylation sites is 1. The minimum Gasteiger partial charge on any atom is -0.496 e. The highest BCUT2D eigenvalue weighted by Crippen LogP contribution is 2.21. The van der Waals surface area contributed by atoms with E-state index in [1.807, 2.05) is 12.1 Å². The van der Waals surface area contributed by atoms with Crippen molar-refractivity contribution in [1.82, 2.24) is 10.6 Å². The van der Waals surface area contributed by atoms with Crippen LogP contribution in [0.3, 0.4) is 0 Å². The molecule has 1 atom stereocenters. The van der Waals surface area contributed by atoms with Gasteiger partial charge >= 0.3 is 5.97 Å². The second-order valence-corrected chi connectivity index (χ2v) is 6.86. The van der Waals surface area contributed by atoms with E-state index in [0.717, 1.165) is 31.0 Å². The molecule has 2 aromatic rings. The van der Waals surface area contributed by atoms with Gasteiger partial charge in [0.2, 0.25) is 0 Å². The van der Waals surface area contributed by atoms with Gasteiger partial charge in [0.1, 0.15) is 11.3 Å². The van der Waals surface area contributed by atoms with Crippen LogP contribution in [0.15, 0.2) is 53.5 Å². The van der Waals surface area contributed by atoms with Crippen molar-refractivity contribution >= 4 is 41.6 Å². The van der Waals surface area contributed by atoms with Crippen molar-refractivity contribution in [2.24, 2.45) is 4.99 Å². The van der Waals surface area contributed by atoms with E-state index in [9.17, 15) is 4.79 Å². The summed E-state index contributed by atoms with van der Waals surface area (Å²) in [6, 6.07) is 16.2. The molecule has 1 saturated heterocycles. The van der Waals surface area contributed by atoms with Crippen LogP contribution in [-0.2, 0) is 11.3 Å². The van der Waals surface area contributed by atoms with Crippen LogP contribution in [0.1, 0.15) is 22.3 Å². The van der Waals surface area contributed by atoms with Crippen LogP contribution in [0, 0.1) is 0 Å². The molecule has 0 radical (unpaired) electrons. The number of anilines is 1. The van der Waals surface area contributed by atoms with Crippen LogP contribution < -0.4 is 20.3 Å². The average Bonchev–Trinajstić information content (AvgIpc) is 3.25. The van der Waals surface area contributed by atoms with E-state index in [1.54, 1.807) is 19.2 Å². The minimum absolute atomic E-state index is 0. The fraction of sp³-hybridized carbons (Fsp3) is 0.364. The highest BCUT2D eigenvalue weighted by molar-refractivity contribution is 14.0. The maximum Gasteiger partial charge on any atom is 0.341 e. The zero-order chi connectivity index (χ0) is 20.6. The lowest BCUT2D eigenvalue weighted by molar-refractivity contribution is 0.0597. The van der Waals surface area contributed by atoms with Gasteiger partial charge in [0.05, 0.1) is 14.2 Å². The fourth-order valence-corrected chi connectivity index (χ4v) is 3.46. The number of carbonyl (C=O) groups is 1. The second-order valence-electron chi connectivity index (χ2n) is 6.86. The molecule has 7 nitrogen and oxygen atoms in total. The first kappa shape index (κ1) is 23.8. The summed E-state index contributed by atoms with van der Waals surface area (Å²) < 4.78 is 10.1. The SMILES string of the molecule is CN=C(NCc1ccc(OC)c(C(=O)OC)c1)NC1CCN(c2ccccc2)C1.I. The Morgan fingerprint density at radius 3 is 2.63 bits per heavy atom. The van der Waals surface area contributed by atoms with Gasteiger partial charge in [-0.25, -0.2) is 4.79 Å². The van der Waals surface area contributed by atoms with Gasteiger partial charge in [-0.15, -0.1) is 24.0 Å². The normalized spacial score (nSPS) is 15.9. The fourth-order valence-electron chi connectivity index (χ4n) is 3.46. The van der Waals surface area contributed by atoms with Gasteiger partial charge in [0, 0.05) is 38.4 Å². The van der Waals surface area contributed by atoms with Crippen LogP contribution >= 0.6 is 24.0 Å². The predicted octanol–water partition coefficient (Wildman–Crippen LogP) is 3.04. The molecule has 1 unspecified atom stereocenters. The van der Waals surface area contributed by atoms with E-state index in [0.29, 0.717) is 23.9 Å². The minimum atomic E-state index is -0.418. The third-order valence-corrected chi connectivity index (χ3v) is 5.00. The molecule has 0 aliphatic carbocycles. The molecule has 1 aliphatic rings. The van der Waals surface area contributed by atoms with E-state index in [2.05, 4.69) is 44.8 Å². The van der Waals surface area contributed by atoms with Crippen LogP contribution in [0.25, 0.3) is 0 Å². The Kier molecular flexibility index (Phi) is 9.22. The molecule has 2 aromatic carbocycles. The summed E-state index contributed by atoms with van der Waals surface area (Å²) in [6.07, 6.45) is 1.05. The molecule has 30 heavy (non-hydrogen) atoms. The molecule has 0 saturated carbocycles. The highest BCUT2D eigenvalue weighted by Gasteiger charge is 2.23. The maximum absolute atomic E-state index is 12.0. The summed E-state index contributed by atoms with van der Waals surface area (Å²) in [4.78, 5) is 18.7. The van der Waals surface area contributed by atoms with Gasteiger partial charge in [-0.3, -0.25) is 4.99 Å². The summed E-state index contributed by atoms with van der Waals surface area (Å²) in [5, 5.41) is 6.80. The molecule has 1 fully saturated rings. The Morgan fingerprint density at radius 1 is 1.20 bits per heavy atom. The average molecular weight is 524 g/mol. The van der Waals surface area contributed by atoms with E-state index in [-0.39, 0.29) is 24.0 Å². The molecule has 0 amide bonds. The number of methoxy groups -OCH3 is 2. The van der Waals surface area contributed by atoms with Crippen LogP contribution in [0.2, 0.25) is 0 Å². The molecule has 0 bridgehead atoms. The van der Waals surface area contributed by atoms with Crippen molar-refractivity contribution in [3.63, 3.8) is 0 Å². The number of halogens is 1. The van der Waals surface area contributed by atoms with Crippen molar-refractivity contribution in [3.05, 3.63) is 59.7 Å². The third-order valence-electron chi connectivity index (χ3n) is 5.00. The smallest absolute Gasteiger partial charge is 0.341 e. The van der Waals surface area contributed by atoms with Crippen LogP contribution in [0.4, 0.5) is 5.69 Å². The van der Waals surface area contributed by atoms with Gasteiger partial charge in [0.25, 0.3) is 0 Å². The largest absolute Gasteiger partial charge is 0.496 e. The number of rotatable bonds is 6. The van der Waals surface area contributed by atoms with Crippen LogP contribution in [0.5, 0.6) is 5.75 Å². The standard InChI is InChI=1S/C22H28N4O3.HI/c1-23-22(25-17-11-12-26(15-17)18-7-5-4-6-8-18)24-14-16-9-10-20(28-2)19(13-16)21(27)29-3;/h4-10,13,17H,11-12,14-15H2,1-3H3,(H2,23,24,25);1H. The van der Waals surface area contributed by atoms with Crippen molar-refractivity contribution in [2.75, 3.05) is 39.3 Å². The molecule has 0 aromatic heterocycles. The number of hydrogen-bond donors (Lipinski definition) is 2. The first-order valence-corrected chi connectivity index (χ1v) is 9.67. The first-order valence-electron chi connectivity index (χ1n) is 9.67. The molecule has 3 rings (SSSR count). The molecule has 162 valence electrons. The number of benzene rings is 2. The summed E-state index contributed by atoms with van der Waals surface area (Å²) >= 11 is 0. The lowest BCUT2D eigenvalue weighted by Gasteiger charge is -2.20. The molecular weight excluding hydrogens is 495 g/mol. The zero-order valence-corrected chi connectivity index (χ0v) is 19.9. The highest BCUT2D eigenvalue weighted by atomic mass is 127. The third kappa shape index (κ3) is 6.01. The quantitative estimate of drug-likeness (QED) is 0.262. The molecule has 1 heterocycles. The van der Waals surface area contributed by atoms with E-state index >= 15 is 0 Å². The van der Waals surface area contributed by atoms with Crippen LogP contribution in [-0.4, -0.2) is 52.3 Å². The lowest BCUT2D eigenvalue weighted by atomic mass is 10.1. The number of aliphatic imine (C=N–C) groups is 1. The summed E-state index contributed by atoms with van der Waals surface area (Å²) in [7, 11) is 4.65. The number of hydrogen-bond acceptors (Lipinski definition) is 5. The van der Waals surface area contributed by atoms with Gasteiger partial charge in [-0.2, -0.15) is 0 Å². The molecule has 2 N–H and O–H groups in total. The molecule has 1 aliphatic heterocycles. The number of ether oxygens (including phenoxy) is 2. The van der Waals surface area contributed by atoms with E-state index in [1.165, 1.54) is 19.9 Å². The molecule has 0 spiro atoms. The summed E-state index contributed by atoms with van der Waals surface area (Å²) in [5.41, 5.74) is 2.59. The Hall–Kier alpha value is -2.49. The van der Waals surface area contributed by atoms with Gasteiger partial charge in [-0.1, -0.05) is 24.3 Å². The zero-order valence-electron chi connectivity index (χ0n) is 17.6. The number of nitrogens with one attached hydrogen (secondary N) is 2. The molecular formula is C22H29IN4O3. The number of guanidine groups is 1. The predicted molar refractivity (Wildman–Crippen MR) is 130 cm³/mol. The Morgan fingerprint density at radius 2 is 1.97 bits per heavy atom. The van der Waals surface area contributed by atoms with Crippen molar-refractivity contribution < 1.29 is 14.3 Å². The van der Waals surface area contributed by atoms with Crippen molar-refractivity contribution in [2.45, 2.75) is 19.0 Å². The number of nitrogens with zero attached hydrogens (tertiary/aromatic N) is 2.